The molecule has 0 unspecified atom stereocenters. The fourth-order valence-corrected chi connectivity index (χ4v) is 4.14. The van der Waals surface area contributed by atoms with Crippen LogP contribution in [0.3, 0.4) is 0 Å². The number of carboxylic acids is 1. The molecule has 104 valence electrons. The number of carbonyl (C=O) groups excluding carboxylic acids is 1. The van der Waals surface area contributed by atoms with Gasteiger partial charge in [-0.3, -0.25) is 4.79 Å². The van der Waals surface area contributed by atoms with E-state index >= 15 is 0 Å². The summed E-state index contributed by atoms with van der Waals surface area (Å²) in [6.07, 6.45) is 2.40. The van der Waals surface area contributed by atoms with Crippen LogP contribution in [0.4, 0.5) is 4.39 Å². The van der Waals surface area contributed by atoms with E-state index in [2.05, 4.69) is 0 Å². The molecule has 0 spiro atoms. The van der Waals surface area contributed by atoms with Gasteiger partial charge in [0.15, 0.2) is 5.78 Å². The zero-order valence-corrected chi connectivity index (χ0v) is 12.0. The van der Waals surface area contributed by atoms with Crippen LogP contribution < -0.4 is 0 Å². The van der Waals surface area contributed by atoms with E-state index in [9.17, 15) is 14.0 Å². The molecule has 0 bridgehead atoms. The first-order valence-corrected chi connectivity index (χ1v) is 7.77. The zero-order valence-electron chi connectivity index (χ0n) is 10.3. The van der Waals surface area contributed by atoms with Crippen LogP contribution in [0.25, 0.3) is 6.08 Å². The molecule has 1 heterocycles. The normalized spacial score (nSPS) is 14.8. The van der Waals surface area contributed by atoms with Crippen molar-refractivity contribution in [2.45, 2.75) is 0 Å². The van der Waals surface area contributed by atoms with Gasteiger partial charge in [0, 0.05) is 17.1 Å². The Morgan fingerprint density at radius 2 is 1.85 bits per heavy atom. The molecule has 1 aliphatic heterocycles. The molecule has 0 aliphatic carbocycles. The van der Waals surface area contributed by atoms with Gasteiger partial charge in [-0.15, -0.1) is 23.5 Å². The van der Waals surface area contributed by atoms with Gasteiger partial charge in [-0.05, 0) is 18.2 Å². The molecule has 0 saturated carbocycles. The number of halogens is 1. The van der Waals surface area contributed by atoms with Crippen molar-refractivity contribution in [3.63, 3.8) is 0 Å². The molecule has 3 nitrogen and oxygen atoms in total. The second-order valence-corrected chi connectivity index (χ2v) is 6.35. The summed E-state index contributed by atoms with van der Waals surface area (Å²) in [5, 5.41) is 9.14. The highest BCUT2D eigenvalue weighted by atomic mass is 32.2. The summed E-state index contributed by atoms with van der Waals surface area (Å²) in [5.74, 6) is -0.726. The van der Waals surface area contributed by atoms with Crippen LogP contribution in [0.15, 0.2) is 40.2 Å². The number of allylic oxidation sites excluding steroid dienone is 1. The summed E-state index contributed by atoms with van der Waals surface area (Å²) < 4.78 is 13.9. The molecule has 1 aromatic rings. The van der Waals surface area contributed by atoms with Crippen molar-refractivity contribution in [1.29, 1.82) is 0 Å². The predicted octanol–water partition coefficient (Wildman–Crippen LogP) is 3.18. The van der Waals surface area contributed by atoms with E-state index in [4.69, 9.17) is 5.11 Å². The molecule has 0 atom stereocenters. The van der Waals surface area contributed by atoms with E-state index in [-0.39, 0.29) is 11.1 Å². The number of hydrogen-bond donors (Lipinski definition) is 1. The number of carbonyl (C=O) groups is 2. The number of aliphatic carboxylic acids is 1. The van der Waals surface area contributed by atoms with Crippen molar-refractivity contribution in [3.05, 3.63) is 51.5 Å². The first-order valence-electron chi connectivity index (χ1n) is 5.79. The van der Waals surface area contributed by atoms with Crippen molar-refractivity contribution in [2.24, 2.45) is 0 Å². The SMILES string of the molecule is O=C(O)C(C(=O)/C=C/c1ccccc1F)=C1SCCS1. The standard InChI is InChI=1S/C14H11FO3S2/c15-10-4-2-1-3-9(10)5-6-11(16)12(13(17)18)14-19-7-8-20-14/h1-6H,7-8H2,(H,17,18)/b6-5+. The summed E-state index contributed by atoms with van der Waals surface area (Å²) in [6, 6.07) is 5.99. The Morgan fingerprint density at radius 1 is 1.20 bits per heavy atom. The number of carboxylic acid groups (broad SMARTS) is 1. The summed E-state index contributed by atoms with van der Waals surface area (Å²) in [4.78, 5) is 23.2. The third-order valence-electron chi connectivity index (χ3n) is 2.53. The van der Waals surface area contributed by atoms with E-state index in [0.717, 1.165) is 17.6 Å². The fraction of sp³-hybridized carbons (Fsp3) is 0.143. The van der Waals surface area contributed by atoms with Crippen molar-refractivity contribution in [3.8, 4) is 0 Å². The molecule has 1 N–H and O–H groups in total. The van der Waals surface area contributed by atoms with Crippen molar-refractivity contribution >= 4 is 41.4 Å². The van der Waals surface area contributed by atoms with Gasteiger partial charge in [-0.1, -0.05) is 18.2 Å². The second kappa shape index (κ2) is 6.76. The third kappa shape index (κ3) is 3.52. The first-order chi connectivity index (χ1) is 9.59. The molecule has 1 saturated heterocycles. The van der Waals surface area contributed by atoms with Gasteiger partial charge < -0.3 is 5.11 Å². The van der Waals surface area contributed by atoms with Gasteiger partial charge in [0.05, 0.1) is 4.24 Å². The van der Waals surface area contributed by atoms with Crippen molar-refractivity contribution in [2.75, 3.05) is 11.5 Å². The number of thioether (sulfide) groups is 2. The summed E-state index contributed by atoms with van der Waals surface area (Å²) >= 11 is 2.73. The Morgan fingerprint density at radius 3 is 2.45 bits per heavy atom. The highest BCUT2D eigenvalue weighted by Crippen LogP contribution is 2.39. The Labute approximate surface area is 123 Å². The monoisotopic (exact) mass is 310 g/mol. The summed E-state index contributed by atoms with van der Waals surface area (Å²) in [5.41, 5.74) is 0.0207. The lowest BCUT2D eigenvalue weighted by Crippen LogP contribution is -2.11. The zero-order chi connectivity index (χ0) is 14.5. The average molecular weight is 310 g/mol. The maximum atomic E-state index is 13.4. The Hall–Kier alpha value is -1.53. The maximum absolute atomic E-state index is 13.4. The van der Waals surface area contributed by atoms with E-state index < -0.39 is 17.6 Å². The second-order valence-electron chi connectivity index (χ2n) is 3.88. The van der Waals surface area contributed by atoms with Crippen LogP contribution in [0.5, 0.6) is 0 Å². The van der Waals surface area contributed by atoms with Crippen LogP contribution in [-0.4, -0.2) is 28.4 Å². The van der Waals surface area contributed by atoms with E-state index in [1.807, 2.05) is 0 Å². The number of benzene rings is 1. The molecule has 2 rings (SSSR count). The van der Waals surface area contributed by atoms with E-state index in [1.54, 1.807) is 12.1 Å². The van der Waals surface area contributed by atoms with E-state index in [0.29, 0.717) is 4.24 Å². The quantitative estimate of drug-likeness (QED) is 0.526. The minimum absolute atomic E-state index is 0.231. The predicted molar refractivity (Wildman–Crippen MR) is 80.0 cm³/mol. The third-order valence-corrected chi connectivity index (χ3v) is 5.25. The molecule has 0 amide bonds. The number of hydrogen-bond acceptors (Lipinski definition) is 4. The van der Waals surface area contributed by atoms with Gasteiger partial charge in [0.25, 0.3) is 0 Å². The average Bonchev–Trinajstić information content (AvgIpc) is 2.91. The van der Waals surface area contributed by atoms with Gasteiger partial charge in [0.1, 0.15) is 11.4 Å². The van der Waals surface area contributed by atoms with Crippen LogP contribution in [0, 0.1) is 5.82 Å². The van der Waals surface area contributed by atoms with Gasteiger partial charge in [0.2, 0.25) is 0 Å². The van der Waals surface area contributed by atoms with Gasteiger partial charge >= 0.3 is 5.97 Å². The Kier molecular flexibility index (Phi) is 5.03. The molecular formula is C14H11FO3S2. The minimum Gasteiger partial charge on any atom is -0.477 e. The van der Waals surface area contributed by atoms with Crippen LogP contribution in [-0.2, 0) is 9.59 Å². The van der Waals surface area contributed by atoms with Gasteiger partial charge in [-0.25, -0.2) is 9.18 Å². The molecule has 6 heteroatoms. The Bertz CT molecular complexity index is 600. The van der Waals surface area contributed by atoms with Crippen LogP contribution in [0.1, 0.15) is 5.56 Å². The lowest BCUT2D eigenvalue weighted by Gasteiger charge is -2.01. The lowest BCUT2D eigenvalue weighted by atomic mass is 10.1. The summed E-state index contributed by atoms with van der Waals surface area (Å²) in [7, 11) is 0. The maximum Gasteiger partial charge on any atom is 0.341 e. The lowest BCUT2D eigenvalue weighted by molar-refractivity contribution is -0.134. The van der Waals surface area contributed by atoms with Crippen molar-refractivity contribution < 1.29 is 19.1 Å². The molecule has 0 radical (unpaired) electrons. The van der Waals surface area contributed by atoms with Crippen LogP contribution in [0.2, 0.25) is 0 Å². The summed E-state index contributed by atoms with van der Waals surface area (Å²) in [6.45, 7) is 0. The largest absolute Gasteiger partial charge is 0.477 e. The van der Waals surface area contributed by atoms with Gasteiger partial charge in [-0.2, -0.15) is 0 Å². The molecule has 1 aliphatic rings. The number of rotatable bonds is 4. The van der Waals surface area contributed by atoms with Crippen LogP contribution >= 0.6 is 23.5 Å². The highest BCUT2D eigenvalue weighted by molar-refractivity contribution is 8.25. The molecule has 20 heavy (non-hydrogen) atoms. The molecule has 1 fully saturated rings. The highest BCUT2D eigenvalue weighted by Gasteiger charge is 2.24. The fourth-order valence-electron chi connectivity index (χ4n) is 1.61. The first kappa shape index (κ1) is 14.9. The Balaban J connectivity index is 2.24. The van der Waals surface area contributed by atoms with E-state index in [1.165, 1.54) is 41.7 Å². The molecule has 1 aromatic carbocycles. The number of ketones is 1. The smallest absolute Gasteiger partial charge is 0.341 e. The molecule has 0 aromatic heterocycles. The topological polar surface area (TPSA) is 54.4 Å². The van der Waals surface area contributed by atoms with Crippen molar-refractivity contribution in [1.82, 2.24) is 0 Å². The molecular weight excluding hydrogens is 299 g/mol. The minimum atomic E-state index is -1.25.